The van der Waals surface area contributed by atoms with E-state index >= 15 is 4.39 Å². The van der Waals surface area contributed by atoms with Crippen LogP contribution in [0.4, 0.5) is 4.39 Å². The first-order valence-electron chi connectivity index (χ1n) is 8.46. The van der Waals surface area contributed by atoms with Gasteiger partial charge in [-0.2, -0.15) is 0 Å². The molecule has 134 valence electrons. The van der Waals surface area contributed by atoms with Gasteiger partial charge in [-0.3, -0.25) is 0 Å². The van der Waals surface area contributed by atoms with Crippen molar-refractivity contribution in [2.24, 2.45) is 0 Å². The van der Waals surface area contributed by atoms with E-state index in [1.807, 2.05) is 54.5 Å². The molecule has 0 saturated carbocycles. The molecule has 2 rings (SSSR count). The maximum atomic E-state index is 15.2. The summed E-state index contributed by atoms with van der Waals surface area (Å²) in [7, 11) is -1.03. The van der Waals surface area contributed by atoms with Crippen LogP contribution < -0.4 is 0 Å². The molecule has 0 spiro atoms. The fraction of sp³-hybridized carbons (Fsp3) is 0.667. The van der Waals surface area contributed by atoms with Crippen molar-refractivity contribution < 1.29 is 22.9 Å². The molecule has 0 bridgehead atoms. The van der Waals surface area contributed by atoms with Crippen LogP contribution >= 0.6 is 0 Å². The molecule has 1 fully saturated rings. The first-order chi connectivity index (χ1) is 11.0. The topological polar surface area (TPSA) is 40.8 Å². The van der Waals surface area contributed by atoms with Gasteiger partial charge in [-0.15, -0.1) is 0 Å². The Balaban J connectivity index is 2.29. The number of halogens is 1. The lowest BCUT2D eigenvalue weighted by Crippen LogP contribution is -2.41. The summed E-state index contributed by atoms with van der Waals surface area (Å²) in [5, 5.41) is 0. The van der Waals surface area contributed by atoms with Crippen LogP contribution in [-0.2, 0) is 14.0 Å². The van der Waals surface area contributed by atoms with Crippen LogP contribution in [0.15, 0.2) is 22.3 Å². The van der Waals surface area contributed by atoms with Gasteiger partial charge in [0, 0.05) is 12.0 Å². The molecule has 0 amide bonds. The Bertz CT molecular complexity index is 588. The van der Waals surface area contributed by atoms with Crippen LogP contribution in [0.3, 0.4) is 0 Å². The highest BCUT2D eigenvalue weighted by atomic mass is 19.1. The van der Waals surface area contributed by atoms with E-state index in [4.69, 9.17) is 18.5 Å². The van der Waals surface area contributed by atoms with Crippen LogP contribution in [0.1, 0.15) is 59.5 Å². The number of ether oxygens (including phenoxy) is 1. The molecule has 1 aromatic rings. The van der Waals surface area contributed by atoms with Gasteiger partial charge in [0.2, 0.25) is 0 Å². The lowest BCUT2D eigenvalue weighted by Gasteiger charge is -2.32. The zero-order valence-electron chi connectivity index (χ0n) is 15.7. The van der Waals surface area contributed by atoms with Gasteiger partial charge >= 0.3 is 7.12 Å². The van der Waals surface area contributed by atoms with Crippen LogP contribution in [0, 0.1) is 6.92 Å². The van der Waals surface area contributed by atoms with Crippen LogP contribution in [0.25, 0.3) is 5.57 Å². The minimum atomic E-state index is -1.03. The quantitative estimate of drug-likeness (QED) is 0.704. The van der Waals surface area contributed by atoms with E-state index in [9.17, 15) is 0 Å². The summed E-state index contributed by atoms with van der Waals surface area (Å²) in [6, 6.07) is 3.58. The highest BCUT2D eigenvalue weighted by molar-refractivity contribution is 6.55. The average molecular weight is 338 g/mol. The number of aryl methyl sites for hydroxylation is 1. The van der Waals surface area contributed by atoms with Crippen molar-refractivity contribution >= 4 is 12.7 Å². The zero-order valence-corrected chi connectivity index (χ0v) is 15.7. The predicted octanol–water partition coefficient (Wildman–Crippen LogP) is 4.72. The second kappa shape index (κ2) is 7.02. The largest absolute Gasteiger partial charge is 0.525 e. The Morgan fingerprint density at radius 2 is 1.75 bits per heavy atom. The Morgan fingerprint density at radius 3 is 2.21 bits per heavy atom. The van der Waals surface area contributed by atoms with Gasteiger partial charge in [-0.05, 0) is 60.6 Å². The van der Waals surface area contributed by atoms with Gasteiger partial charge in [0.1, 0.15) is 17.2 Å². The van der Waals surface area contributed by atoms with E-state index in [-0.39, 0.29) is 6.10 Å². The van der Waals surface area contributed by atoms with Crippen LogP contribution in [-0.4, -0.2) is 31.0 Å². The summed E-state index contributed by atoms with van der Waals surface area (Å²) in [5.41, 5.74) is -1.20. The fourth-order valence-electron chi connectivity index (χ4n) is 2.44. The fourth-order valence-corrected chi connectivity index (χ4v) is 2.44. The van der Waals surface area contributed by atoms with E-state index in [1.54, 1.807) is 6.07 Å². The van der Waals surface area contributed by atoms with Crippen molar-refractivity contribution in [1.29, 1.82) is 0 Å². The molecule has 0 atom stereocenters. The Kier molecular flexibility index (Phi) is 5.62. The minimum Gasteiger partial charge on any atom is -0.462 e. The van der Waals surface area contributed by atoms with Gasteiger partial charge < -0.3 is 18.5 Å². The summed E-state index contributed by atoms with van der Waals surface area (Å²) in [6.07, 6.45) is 0.477. The second-order valence-electron chi connectivity index (χ2n) is 7.49. The number of hydrogen-bond acceptors (Lipinski definition) is 4. The molecule has 4 nitrogen and oxygen atoms in total. The van der Waals surface area contributed by atoms with Gasteiger partial charge in [-0.25, -0.2) is 4.39 Å². The molecule has 1 aromatic heterocycles. The van der Waals surface area contributed by atoms with Crippen molar-refractivity contribution in [3.8, 4) is 0 Å². The summed E-state index contributed by atoms with van der Waals surface area (Å²) >= 11 is 0. The molecule has 24 heavy (non-hydrogen) atoms. The smallest absolute Gasteiger partial charge is 0.462 e. The molecule has 0 aliphatic carbocycles. The van der Waals surface area contributed by atoms with Crippen molar-refractivity contribution in [3.63, 3.8) is 0 Å². The predicted molar refractivity (Wildman–Crippen MR) is 93.3 cm³/mol. The lowest BCUT2D eigenvalue weighted by molar-refractivity contribution is 0.00578. The highest BCUT2D eigenvalue weighted by Gasteiger charge is 2.53. The van der Waals surface area contributed by atoms with E-state index in [1.165, 1.54) is 0 Å². The summed E-state index contributed by atoms with van der Waals surface area (Å²) in [5.74, 6) is 1.22. The maximum Gasteiger partial charge on any atom is 0.525 e. The normalized spacial score (nSPS) is 20.6. The molecule has 1 saturated heterocycles. The van der Waals surface area contributed by atoms with Crippen molar-refractivity contribution in [3.05, 3.63) is 29.4 Å². The third-order valence-corrected chi connectivity index (χ3v) is 4.59. The zero-order chi connectivity index (χ0) is 18.1. The molecule has 6 heteroatoms. The van der Waals surface area contributed by atoms with Crippen molar-refractivity contribution in [2.45, 2.75) is 72.2 Å². The lowest BCUT2D eigenvalue weighted by atomic mass is 9.83. The maximum absolute atomic E-state index is 15.2. The second-order valence-corrected chi connectivity index (χ2v) is 7.49. The molecular formula is C18H28BFO4. The third-order valence-electron chi connectivity index (χ3n) is 4.59. The number of furan rings is 1. The van der Waals surface area contributed by atoms with Gasteiger partial charge in [0.05, 0.1) is 23.9 Å². The average Bonchev–Trinajstić information content (AvgIpc) is 2.95. The molecule has 0 aromatic carbocycles. The molecule has 1 aliphatic rings. The summed E-state index contributed by atoms with van der Waals surface area (Å²) in [6.45, 7) is 13.7. The molecular weight excluding hydrogens is 310 g/mol. The van der Waals surface area contributed by atoms with E-state index in [0.29, 0.717) is 24.4 Å². The monoisotopic (exact) mass is 338 g/mol. The highest BCUT2D eigenvalue weighted by Crippen LogP contribution is 2.40. The van der Waals surface area contributed by atoms with Crippen LogP contribution in [0.2, 0.25) is 0 Å². The van der Waals surface area contributed by atoms with E-state index in [2.05, 4.69) is 0 Å². The van der Waals surface area contributed by atoms with Gasteiger partial charge in [0.15, 0.2) is 0 Å². The van der Waals surface area contributed by atoms with Crippen LogP contribution in [0.5, 0.6) is 0 Å². The minimum absolute atomic E-state index is 0.0875. The summed E-state index contributed by atoms with van der Waals surface area (Å²) in [4.78, 5) is 0. The Morgan fingerprint density at radius 1 is 1.17 bits per heavy atom. The third kappa shape index (κ3) is 4.10. The standard InChI is InChI=1S/C18H28BFO4/c1-12(2)21-11-10-14(15-9-8-13(3)22-15)16(20)19-23-17(4,5)18(6,7)24-19/h8-9,12H,10-11H2,1-7H3. The SMILES string of the molecule is Cc1ccc(C(CCOC(C)C)=C(F)B2OC(C)(C)C(C)(C)O2)o1. The Hall–Kier alpha value is -1.11. The van der Waals surface area contributed by atoms with E-state index in [0.717, 1.165) is 5.76 Å². The number of rotatable bonds is 6. The van der Waals surface area contributed by atoms with Gasteiger partial charge in [0.25, 0.3) is 0 Å². The first-order valence-corrected chi connectivity index (χ1v) is 8.46. The molecule has 0 radical (unpaired) electrons. The molecule has 0 unspecified atom stereocenters. The first kappa shape index (κ1) is 19.2. The molecule has 1 aliphatic heterocycles. The van der Waals surface area contributed by atoms with Gasteiger partial charge in [-0.1, -0.05) is 0 Å². The Labute approximate surface area is 144 Å². The molecule has 2 heterocycles. The van der Waals surface area contributed by atoms with E-state index < -0.39 is 24.0 Å². The van der Waals surface area contributed by atoms with Crippen molar-refractivity contribution in [1.82, 2.24) is 0 Å². The molecule has 0 N–H and O–H groups in total. The van der Waals surface area contributed by atoms with Crippen molar-refractivity contribution in [2.75, 3.05) is 6.61 Å². The number of hydrogen-bond donors (Lipinski definition) is 0. The summed E-state index contributed by atoms with van der Waals surface area (Å²) < 4.78 is 38.0.